The predicted molar refractivity (Wildman–Crippen MR) is 92.0 cm³/mol. The third kappa shape index (κ3) is 4.17. The monoisotopic (exact) mass is 299 g/mol. The number of methoxy groups -OCH3 is 1. The van der Waals surface area contributed by atoms with Crippen LogP contribution in [0.25, 0.3) is 0 Å². The van der Waals surface area contributed by atoms with Gasteiger partial charge in [-0.1, -0.05) is 25.1 Å². The van der Waals surface area contributed by atoms with Crippen LogP contribution in [0.5, 0.6) is 11.5 Å². The molecule has 3 nitrogen and oxygen atoms in total. The van der Waals surface area contributed by atoms with Gasteiger partial charge in [0.25, 0.3) is 0 Å². The molecule has 0 radical (unpaired) electrons. The van der Waals surface area contributed by atoms with Crippen LogP contribution in [-0.2, 0) is 6.54 Å². The second kappa shape index (κ2) is 7.74. The Morgan fingerprint density at radius 2 is 1.82 bits per heavy atom. The smallest absolute Gasteiger partial charge is 0.161 e. The lowest BCUT2D eigenvalue weighted by Gasteiger charge is -2.14. The first-order chi connectivity index (χ1) is 10.6. The maximum absolute atomic E-state index is 5.76. The highest BCUT2D eigenvalue weighted by molar-refractivity contribution is 5.53. The van der Waals surface area contributed by atoms with E-state index in [1.165, 1.54) is 22.4 Å². The number of anilines is 1. The first-order valence-electron chi connectivity index (χ1n) is 7.75. The van der Waals surface area contributed by atoms with E-state index >= 15 is 0 Å². The standard InChI is InChI=1S/C19H25NO2/c1-5-10-22-19-12-16(8-9-18(19)21-4)13-20-17-11-14(2)6-7-15(17)3/h6-9,11-12,20H,5,10,13H2,1-4H3. The molecule has 1 N–H and O–H groups in total. The zero-order valence-electron chi connectivity index (χ0n) is 13.9. The third-order valence-electron chi connectivity index (χ3n) is 3.57. The Morgan fingerprint density at radius 1 is 1.00 bits per heavy atom. The molecule has 2 rings (SSSR count). The summed E-state index contributed by atoms with van der Waals surface area (Å²) >= 11 is 0. The van der Waals surface area contributed by atoms with E-state index in [-0.39, 0.29) is 0 Å². The molecule has 118 valence electrons. The van der Waals surface area contributed by atoms with Crippen LogP contribution in [0.1, 0.15) is 30.0 Å². The highest BCUT2D eigenvalue weighted by Gasteiger charge is 2.06. The Kier molecular flexibility index (Phi) is 5.70. The maximum Gasteiger partial charge on any atom is 0.161 e. The van der Waals surface area contributed by atoms with Gasteiger partial charge in [0.2, 0.25) is 0 Å². The van der Waals surface area contributed by atoms with Gasteiger partial charge in [-0.25, -0.2) is 0 Å². The van der Waals surface area contributed by atoms with Crippen LogP contribution in [0.2, 0.25) is 0 Å². The number of ether oxygens (including phenoxy) is 2. The summed E-state index contributed by atoms with van der Waals surface area (Å²) in [5.41, 5.74) is 4.86. The summed E-state index contributed by atoms with van der Waals surface area (Å²) < 4.78 is 11.1. The number of aryl methyl sites for hydroxylation is 2. The third-order valence-corrected chi connectivity index (χ3v) is 3.57. The molecular weight excluding hydrogens is 274 g/mol. The molecule has 0 saturated heterocycles. The second-order valence-corrected chi connectivity index (χ2v) is 5.51. The van der Waals surface area contributed by atoms with E-state index in [0.717, 1.165) is 24.5 Å². The quantitative estimate of drug-likeness (QED) is 0.803. The Balaban J connectivity index is 2.10. The Labute approximate surface area is 133 Å². The van der Waals surface area contributed by atoms with Crippen molar-refractivity contribution in [3.63, 3.8) is 0 Å². The van der Waals surface area contributed by atoms with Gasteiger partial charge in [0.15, 0.2) is 11.5 Å². The van der Waals surface area contributed by atoms with Gasteiger partial charge in [0.1, 0.15) is 0 Å². The van der Waals surface area contributed by atoms with Crippen LogP contribution in [0, 0.1) is 13.8 Å². The molecule has 0 amide bonds. The molecule has 0 aromatic heterocycles. The Hall–Kier alpha value is -2.16. The number of nitrogens with one attached hydrogen (secondary N) is 1. The van der Waals surface area contributed by atoms with E-state index in [0.29, 0.717) is 6.61 Å². The van der Waals surface area contributed by atoms with Crippen molar-refractivity contribution < 1.29 is 9.47 Å². The first kappa shape index (κ1) is 16.2. The van der Waals surface area contributed by atoms with Crippen LogP contribution >= 0.6 is 0 Å². The summed E-state index contributed by atoms with van der Waals surface area (Å²) in [5.74, 6) is 1.59. The van der Waals surface area contributed by atoms with Crippen LogP contribution in [0.3, 0.4) is 0 Å². The fraction of sp³-hybridized carbons (Fsp3) is 0.368. The molecule has 0 aliphatic rings. The lowest BCUT2D eigenvalue weighted by atomic mass is 10.1. The van der Waals surface area contributed by atoms with Gasteiger partial charge in [0, 0.05) is 12.2 Å². The van der Waals surface area contributed by atoms with Gasteiger partial charge in [-0.15, -0.1) is 0 Å². The molecule has 22 heavy (non-hydrogen) atoms. The second-order valence-electron chi connectivity index (χ2n) is 5.51. The molecule has 0 fully saturated rings. The molecule has 0 heterocycles. The lowest BCUT2D eigenvalue weighted by Crippen LogP contribution is -2.03. The van der Waals surface area contributed by atoms with Crippen molar-refractivity contribution in [2.45, 2.75) is 33.7 Å². The van der Waals surface area contributed by atoms with Crippen molar-refractivity contribution in [3.05, 3.63) is 53.1 Å². The molecule has 0 atom stereocenters. The van der Waals surface area contributed by atoms with Crippen molar-refractivity contribution in [3.8, 4) is 11.5 Å². The summed E-state index contributed by atoms with van der Waals surface area (Å²) in [6.45, 7) is 7.78. The van der Waals surface area contributed by atoms with Crippen molar-refractivity contribution in [2.24, 2.45) is 0 Å². The van der Waals surface area contributed by atoms with Gasteiger partial charge >= 0.3 is 0 Å². The zero-order valence-corrected chi connectivity index (χ0v) is 13.9. The fourth-order valence-corrected chi connectivity index (χ4v) is 2.28. The number of rotatable bonds is 7. The molecule has 0 aliphatic carbocycles. The van der Waals surface area contributed by atoms with E-state index < -0.39 is 0 Å². The summed E-state index contributed by atoms with van der Waals surface area (Å²) in [7, 11) is 1.67. The zero-order chi connectivity index (χ0) is 15.9. The minimum absolute atomic E-state index is 0.699. The Morgan fingerprint density at radius 3 is 2.55 bits per heavy atom. The highest BCUT2D eigenvalue weighted by Crippen LogP contribution is 2.28. The predicted octanol–water partition coefficient (Wildman–Crippen LogP) is 4.71. The largest absolute Gasteiger partial charge is 0.493 e. The minimum atomic E-state index is 0.699. The highest BCUT2D eigenvalue weighted by atomic mass is 16.5. The van der Waals surface area contributed by atoms with E-state index in [9.17, 15) is 0 Å². The fourth-order valence-electron chi connectivity index (χ4n) is 2.28. The summed E-state index contributed by atoms with van der Waals surface area (Å²) in [5, 5.41) is 3.49. The summed E-state index contributed by atoms with van der Waals surface area (Å²) in [4.78, 5) is 0. The average Bonchev–Trinajstić information content (AvgIpc) is 2.53. The molecule has 0 unspecified atom stereocenters. The normalized spacial score (nSPS) is 10.4. The molecule has 0 bridgehead atoms. The van der Waals surface area contributed by atoms with Crippen molar-refractivity contribution >= 4 is 5.69 Å². The average molecular weight is 299 g/mol. The minimum Gasteiger partial charge on any atom is -0.493 e. The summed E-state index contributed by atoms with van der Waals surface area (Å²) in [6, 6.07) is 12.5. The number of hydrogen-bond donors (Lipinski definition) is 1. The van der Waals surface area contributed by atoms with Crippen molar-refractivity contribution in [1.29, 1.82) is 0 Å². The molecule has 0 aliphatic heterocycles. The van der Waals surface area contributed by atoms with Crippen LogP contribution in [-0.4, -0.2) is 13.7 Å². The van der Waals surface area contributed by atoms with Crippen LogP contribution < -0.4 is 14.8 Å². The molecule has 0 saturated carbocycles. The Bertz CT molecular complexity index is 623. The lowest BCUT2D eigenvalue weighted by molar-refractivity contribution is 0.294. The number of hydrogen-bond acceptors (Lipinski definition) is 3. The van der Waals surface area contributed by atoms with E-state index in [1.54, 1.807) is 7.11 Å². The van der Waals surface area contributed by atoms with Gasteiger partial charge in [0.05, 0.1) is 13.7 Å². The van der Waals surface area contributed by atoms with E-state index in [4.69, 9.17) is 9.47 Å². The molecule has 2 aromatic carbocycles. The van der Waals surface area contributed by atoms with E-state index in [2.05, 4.69) is 50.4 Å². The molecular formula is C19H25NO2. The number of benzene rings is 2. The van der Waals surface area contributed by atoms with Crippen molar-refractivity contribution in [1.82, 2.24) is 0 Å². The van der Waals surface area contributed by atoms with Crippen LogP contribution in [0.4, 0.5) is 5.69 Å². The van der Waals surface area contributed by atoms with Gasteiger partial charge in [-0.3, -0.25) is 0 Å². The maximum atomic E-state index is 5.76. The topological polar surface area (TPSA) is 30.5 Å². The van der Waals surface area contributed by atoms with Gasteiger partial charge in [-0.05, 0) is 55.2 Å². The van der Waals surface area contributed by atoms with E-state index in [1.807, 2.05) is 12.1 Å². The van der Waals surface area contributed by atoms with Crippen molar-refractivity contribution in [2.75, 3.05) is 19.0 Å². The molecule has 3 heteroatoms. The molecule has 0 spiro atoms. The van der Waals surface area contributed by atoms with Gasteiger partial charge in [-0.2, -0.15) is 0 Å². The molecule has 2 aromatic rings. The first-order valence-corrected chi connectivity index (χ1v) is 7.75. The van der Waals surface area contributed by atoms with Gasteiger partial charge < -0.3 is 14.8 Å². The SMILES string of the molecule is CCCOc1cc(CNc2cc(C)ccc2C)ccc1OC. The summed E-state index contributed by atoms with van der Waals surface area (Å²) in [6.07, 6.45) is 0.980. The van der Waals surface area contributed by atoms with Crippen LogP contribution in [0.15, 0.2) is 36.4 Å².